The third-order valence-corrected chi connectivity index (χ3v) is 3.61. The molecule has 2 aromatic rings. The van der Waals surface area contributed by atoms with Crippen molar-refractivity contribution in [3.8, 4) is 6.07 Å². The first-order valence-electron chi connectivity index (χ1n) is 6.71. The van der Waals surface area contributed by atoms with Crippen LogP contribution < -0.4 is 5.32 Å². The molecule has 0 saturated carbocycles. The zero-order chi connectivity index (χ0) is 13.1. The Bertz CT molecular complexity index is 659. The van der Waals surface area contributed by atoms with E-state index in [9.17, 15) is 0 Å². The van der Waals surface area contributed by atoms with Crippen molar-refractivity contribution in [1.29, 1.82) is 5.26 Å². The molecule has 0 radical (unpaired) electrons. The fourth-order valence-electron chi connectivity index (χ4n) is 2.54. The van der Waals surface area contributed by atoms with Gasteiger partial charge >= 0.3 is 0 Å². The van der Waals surface area contributed by atoms with Crippen molar-refractivity contribution in [3.63, 3.8) is 0 Å². The first-order valence-corrected chi connectivity index (χ1v) is 6.71. The summed E-state index contributed by atoms with van der Waals surface area (Å²) in [5, 5.41) is 14.6. The van der Waals surface area contributed by atoms with E-state index in [-0.39, 0.29) is 0 Å². The molecule has 0 aliphatic carbocycles. The number of benzene rings is 2. The summed E-state index contributed by atoms with van der Waals surface area (Å²) >= 11 is 0. The lowest BCUT2D eigenvalue weighted by molar-refractivity contribution is 0.730. The van der Waals surface area contributed by atoms with Crippen molar-refractivity contribution in [2.24, 2.45) is 0 Å². The van der Waals surface area contributed by atoms with Crippen LogP contribution in [-0.4, -0.2) is 12.6 Å². The van der Waals surface area contributed by atoms with Gasteiger partial charge in [-0.3, -0.25) is 0 Å². The Balaban J connectivity index is 1.87. The molecule has 1 fully saturated rings. The second kappa shape index (κ2) is 5.26. The second-order valence-electron chi connectivity index (χ2n) is 5.00. The van der Waals surface area contributed by atoms with Crippen LogP contribution in [0.25, 0.3) is 16.8 Å². The number of nitriles is 1. The van der Waals surface area contributed by atoms with Gasteiger partial charge in [-0.05, 0) is 53.9 Å². The first kappa shape index (κ1) is 12.0. The molecule has 1 N–H and O–H groups in total. The number of nitrogens with zero attached hydrogens (tertiary/aromatic N) is 1. The molecule has 1 unspecified atom stereocenters. The van der Waals surface area contributed by atoms with Crippen LogP contribution in [0, 0.1) is 11.3 Å². The molecule has 1 heterocycles. The van der Waals surface area contributed by atoms with Crippen molar-refractivity contribution >= 4 is 16.8 Å². The molecule has 0 amide bonds. The number of rotatable bonds is 2. The minimum Gasteiger partial charge on any atom is -0.311 e. The van der Waals surface area contributed by atoms with Crippen LogP contribution in [-0.2, 0) is 0 Å². The van der Waals surface area contributed by atoms with Crippen molar-refractivity contribution in [3.05, 3.63) is 53.6 Å². The summed E-state index contributed by atoms with van der Waals surface area (Å²) in [4.78, 5) is 0. The standard InChI is InChI=1S/C17H16N2/c18-12-14-4-7-15-10-13(3-6-16(15)11-14)5-8-17-2-1-9-19-17/h3-8,10-11,17,19H,1-2,9H2. The fraction of sp³-hybridized carbons (Fsp3) is 0.235. The highest BCUT2D eigenvalue weighted by atomic mass is 14.9. The van der Waals surface area contributed by atoms with E-state index in [1.807, 2.05) is 18.2 Å². The van der Waals surface area contributed by atoms with Crippen LogP contribution in [0.2, 0.25) is 0 Å². The molecule has 0 aromatic heterocycles. The molecule has 0 spiro atoms. The van der Waals surface area contributed by atoms with Gasteiger partial charge in [0.2, 0.25) is 0 Å². The third kappa shape index (κ3) is 2.67. The van der Waals surface area contributed by atoms with E-state index in [0.717, 1.165) is 11.9 Å². The van der Waals surface area contributed by atoms with E-state index in [1.165, 1.54) is 23.8 Å². The minimum atomic E-state index is 0.525. The monoisotopic (exact) mass is 248 g/mol. The summed E-state index contributed by atoms with van der Waals surface area (Å²) in [6.07, 6.45) is 6.93. The van der Waals surface area contributed by atoms with E-state index in [0.29, 0.717) is 11.6 Å². The Hall–Kier alpha value is -2.11. The van der Waals surface area contributed by atoms with Crippen LogP contribution in [0.1, 0.15) is 24.0 Å². The summed E-state index contributed by atoms with van der Waals surface area (Å²) in [6.45, 7) is 1.13. The molecule has 1 atom stereocenters. The number of hydrogen-bond acceptors (Lipinski definition) is 2. The summed E-state index contributed by atoms with van der Waals surface area (Å²) in [5.74, 6) is 0. The van der Waals surface area contributed by atoms with Gasteiger partial charge in [-0.15, -0.1) is 0 Å². The summed E-state index contributed by atoms with van der Waals surface area (Å²) < 4.78 is 0. The highest BCUT2D eigenvalue weighted by Gasteiger charge is 2.09. The van der Waals surface area contributed by atoms with Gasteiger partial charge < -0.3 is 5.32 Å². The molecule has 1 aliphatic rings. The van der Waals surface area contributed by atoms with Crippen LogP contribution >= 0.6 is 0 Å². The SMILES string of the molecule is N#Cc1ccc2cc(C=CC3CCCN3)ccc2c1. The van der Waals surface area contributed by atoms with Gasteiger partial charge in [0, 0.05) is 6.04 Å². The van der Waals surface area contributed by atoms with Gasteiger partial charge in [-0.25, -0.2) is 0 Å². The normalized spacial score (nSPS) is 19.0. The lowest BCUT2D eigenvalue weighted by atomic mass is 10.0. The Labute approximate surface area is 113 Å². The van der Waals surface area contributed by atoms with E-state index in [1.54, 1.807) is 0 Å². The molecular formula is C17H16N2. The van der Waals surface area contributed by atoms with E-state index in [4.69, 9.17) is 5.26 Å². The average molecular weight is 248 g/mol. The topological polar surface area (TPSA) is 35.8 Å². The van der Waals surface area contributed by atoms with Gasteiger partial charge in [0.1, 0.15) is 0 Å². The maximum Gasteiger partial charge on any atom is 0.0991 e. The maximum absolute atomic E-state index is 8.89. The lowest BCUT2D eigenvalue weighted by Crippen LogP contribution is -2.17. The van der Waals surface area contributed by atoms with Gasteiger partial charge in [0.15, 0.2) is 0 Å². The van der Waals surface area contributed by atoms with E-state index >= 15 is 0 Å². The Morgan fingerprint density at radius 3 is 2.79 bits per heavy atom. The smallest absolute Gasteiger partial charge is 0.0991 e. The number of fused-ring (bicyclic) bond motifs is 1. The number of nitrogens with one attached hydrogen (secondary N) is 1. The maximum atomic E-state index is 8.89. The predicted octanol–water partition coefficient (Wildman–Crippen LogP) is 3.48. The van der Waals surface area contributed by atoms with Gasteiger partial charge in [0.25, 0.3) is 0 Å². The van der Waals surface area contributed by atoms with E-state index in [2.05, 4.69) is 41.7 Å². The zero-order valence-electron chi connectivity index (χ0n) is 10.8. The van der Waals surface area contributed by atoms with Crippen LogP contribution in [0.5, 0.6) is 0 Å². The summed E-state index contributed by atoms with van der Waals surface area (Å²) in [6, 6.07) is 14.9. The van der Waals surface area contributed by atoms with E-state index < -0.39 is 0 Å². The van der Waals surface area contributed by atoms with Crippen molar-refractivity contribution in [1.82, 2.24) is 5.32 Å². The lowest BCUT2D eigenvalue weighted by Gasteiger charge is -2.03. The molecule has 1 saturated heterocycles. The van der Waals surface area contributed by atoms with Crippen molar-refractivity contribution in [2.75, 3.05) is 6.54 Å². The van der Waals surface area contributed by atoms with Gasteiger partial charge in [-0.1, -0.05) is 30.4 Å². The quantitative estimate of drug-likeness (QED) is 0.883. The predicted molar refractivity (Wildman–Crippen MR) is 78.7 cm³/mol. The highest BCUT2D eigenvalue weighted by Crippen LogP contribution is 2.19. The third-order valence-electron chi connectivity index (χ3n) is 3.61. The molecule has 3 rings (SSSR count). The first-order chi connectivity index (χ1) is 9.35. The van der Waals surface area contributed by atoms with Gasteiger partial charge in [-0.2, -0.15) is 5.26 Å². The zero-order valence-corrected chi connectivity index (χ0v) is 10.8. The van der Waals surface area contributed by atoms with Crippen LogP contribution in [0.4, 0.5) is 0 Å². The average Bonchev–Trinajstić information content (AvgIpc) is 2.97. The van der Waals surface area contributed by atoms with Gasteiger partial charge in [0.05, 0.1) is 11.6 Å². The molecule has 19 heavy (non-hydrogen) atoms. The Morgan fingerprint density at radius 1 is 1.16 bits per heavy atom. The summed E-state index contributed by atoms with van der Waals surface area (Å²) in [7, 11) is 0. The fourth-order valence-corrected chi connectivity index (χ4v) is 2.54. The Kier molecular flexibility index (Phi) is 3.31. The molecule has 2 heteroatoms. The minimum absolute atomic E-state index is 0.525. The van der Waals surface area contributed by atoms with Crippen molar-refractivity contribution in [2.45, 2.75) is 18.9 Å². The molecule has 2 aromatic carbocycles. The largest absolute Gasteiger partial charge is 0.311 e. The summed E-state index contributed by atoms with van der Waals surface area (Å²) in [5.41, 5.74) is 1.93. The highest BCUT2D eigenvalue weighted by molar-refractivity contribution is 5.85. The molecule has 1 aliphatic heterocycles. The molecular weight excluding hydrogens is 232 g/mol. The van der Waals surface area contributed by atoms with Crippen LogP contribution in [0.15, 0.2) is 42.5 Å². The van der Waals surface area contributed by atoms with Crippen molar-refractivity contribution < 1.29 is 0 Å². The van der Waals surface area contributed by atoms with Crippen LogP contribution in [0.3, 0.4) is 0 Å². The molecule has 2 nitrogen and oxygen atoms in total. The second-order valence-corrected chi connectivity index (χ2v) is 5.00. The number of hydrogen-bond donors (Lipinski definition) is 1. The molecule has 0 bridgehead atoms. The Morgan fingerprint density at radius 2 is 2.00 bits per heavy atom. The molecule has 94 valence electrons.